The molecule has 1 aromatic carbocycles. The number of hydrogen-bond acceptors (Lipinski definition) is 4. The van der Waals surface area contributed by atoms with Crippen LogP contribution < -0.4 is 0 Å². The minimum Gasteiger partial charge on any atom is -0.461 e. The molecule has 2 aromatic rings. The lowest BCUT2D eigenvalue weighted by Gasteiger charge is -1.97. The summed E-state index contributed by atoms with van der Waals surface area (Å²) in [5, 5.41) is 3.58. The molecular weight excluding hydrogens is 305 g/mol. The Hall–Kier alpha value is -1.69. The molecule has 1 aromatic heterocycles. The van der Waals surface area contributed by atoms with Gasteiger partial charge in [-0.05, 0) is 25.1 Å². The minimum atomic E-state index is -0.567. The number of ether oxygens (including phenoxy) is 1. The van der Waals surface area contributed by atoms with Crippen molar-refractivity contribution in [3.05, 3.63) is 40.2 Å². The number of aromatic nitrogens is 1. The van der Waals surface area contributed by atoms with Gasteiger partial charge in [-0.15, -0.1) is 0 Å². The molecule has 0 aliphatic heterocycles. The molecule has 0 atom stereocenters. The summed E-state index contributed by atoms with van der Waals surface area (Å²) in [6, 6.07) is 5.70. The molecular formula is C12H9BrFNO3. The van der Waals surface area contributed by atoms with Crippen LogP contribution in [0.1, 0.15) is 17.4 Å². The zero-order chi connectivity index (χ0) is 13.1. The fourth-order valence-corrected chi connectivity index (χ4v) is 1.87. The van der Waals surface area contributed by atoms with Crippen LogP contribution in [-0.2, 0) is 4.74 Å². The van der Waals surface area contributed by atoms with Crippen molar-refractivity contribution in [1.29, 1.82) is 0 Å². The van der Waals surface area contributed by atoms with Crippen molar-refractivity contribution >= 4 is 21.9 Å². The normalized spacial score (nSPS) is 10.4. The van der Waals surface area contributed by atoms with Gasteiger partial charge in [0.2, 0.25) is 0 Å². The molecule has 0 aliphatic rings. The molecule has 94 valence electrons. The number of nitrogens with zero attached hydrogens (tertiary/aromatic N) is 1. The maximum atomic E-state index is 13.2. The molecule has 0 unspecified atom stereocenters. The zero-order valence-electron chi connectivity index (χ0n) is 9.44. The van der Waals surface area contributed by atoms with E-state index in [-0.39, 0.29) is 12.3 Å². The Labute approximate surface area is 111 Å². The second-order valence-electron chi connectivity index (χ2n) is 3.45. The highest BCUT2D eigenvalue weighted by Crippen LogP contribution is 2.25. The smallest absolute Gasteiger partial charge is 0.360 e. The first kappa shape index (κ1) is 12.8. The quantitative estimate of drug-likeness (QED) is 0.815. The highest BCUT2D eigenvalue weighted by Gasteiger charge is 2.15. The monoisotopic (exact) mass is 313 g/mol. The first-order chi connectivity index (χ1) is 8.60. The van der Waals surface area contributed by atoms with Gasteiger partial charge in [-0.2, -0.15) is 0 Å². The van der Waals surface area contributed by atoms with Gasteiger partial charge >= 0.3 is 5.97 Å². The molecule has 2 rings (SSSR count). The number of hydrogen-bond donors (Lipinski definition) is 0. The van der Waals surface area contributed by atoms with E-state index in [1.54, 1.807) is 13.0 Å². The molecule has 0 spiro atoms. The summed E-state index contributed by atoms with van der Waals surface area (Å²) in [5.74, 6) is -0.672. The maximum Gasteiger partial charge on any atom is 0.360 e. The lowest BCUT2D eigenvalue weighted by Crippen LogP contribution is -2.04. The van der Waals surface area contributed by atoms with Crippen LogP contribution in [0.2, 0.25) is 0 Å². The Morgan fingerprint density at radius 2 is 2.22 bits per heavy atom. The van der Waals surface area contributed by atoms with Crippen LogP contribution in [0.5, 0.6) is 0 Å². The lowest BCUT2D eigenvalue weighted by atomic mass is 10.1. The van der Waals surface area contributed by atoms with Crippen LogP contribution >= 0.6 is 15.9 Å². The van der Waals surface area contributed by atoms with Crippen molar-refractivity contribution < 1.29 is 18.4 Å². The SMILES string of the molecule is CCOC(=O)c1cc(-c2cc(F)cc(Br)c2)on1. The van der Waals surface area contributed by atoms with Gasteiger partial charge in [-0.1, -0.05) is 21.1 Å². The summed E-state index contributed by atoms with van der Waals surface area (Å²) in [6.07, 6.45) is 0. The van der Waals surface area contributed by atoms with Gasteiger partial charge in [-0.3, -0.25) is 0 Å². The maximum absolute atomic E-state index is 13.2. The summed E-state index contributed by atoms with van der Waals surface area (Å²) < 4.78 is 23.6. The second-order valence-corrected chi connectivity index (χ2v) is 4.37. The van der Waals surface area contributed by atoms with Crippen LogP contribution in [0.15, 0.2) is 33.3 Å². The predicted molar refractivity (Wildman–Crippen MR) is 65.6 cm³/mol. The van der Waals surface area contributed by atoms with Crippen molar-refractivity contribution in [2.75, 3.05) is 6.61 Å². The number of carbonyl (C=O) groups excluding carboxylic acids is 1. The first-order valence-corrected chi connectivity index (χ1v) is 5.99. The predicted octanol–water partition coefficient (Wildman–Crippen LogP) is 3.42. The van der Waals surface area contributed by atoms with Gasteiger partial charge in [-0.25, -0.2) is 9.18 Å². The fourth-order valence-electron chi connectivity index (χ4n) is 1.41. The number of rotatable bonds is 3. The molecule has 0 fully saturated rings. The summed E-state index contributed by atoms with van der Waals surface area (Å²) in [4.78, 5) is 11.4. The standard InChI is InChI=1S/C12H9BrFNO3/c1-2-17-12(16)10-6-11(18-15-10)7-3-8(13)5-9(14)4-7/h3-6H,2H2,1H3. The second kappa shape index (κ2) is 5.30. The largest absolute Gasteiger partial charge is 0.461 e. The summed E-state index contributed by atoms with van der Waals surface area (Å²) in [6.45, 7) is 1.95. The first-order valence-electron chi connectivity index (χ1n) is 5.20. The van der Waals surface area contributed by atoms with E-state index in [1.807, 2.05) is 0 Å². The molecule has 0 radical (unpaired) electrons. The van der Waals surface area contributed by atoms with Gasteiger partial charge in [0.25, 0.3) is 0 Å². The minimum absolute atomic E-state index is 0.0623. The van der Waals surface area contributed by atoms with E-state index in [9.17, 15) is 9.18 Å². The van der Waals surface area contributed by atoms with E-state index >= 15 is 0 Å². The molecule has 6 heteroatoms. The molecule has 4 nitrogen and oxygen atoms in total. The van der Waals surface area contributed by atoms with Gasteiger partial charge in [0.05, 0.1) is 6.61 Å². The highest BCUT2D eigenvalue weighted by molar-refractivity contribution is 9.10. The zero-order valence-corrected chi connectivity index (χ0v) is 11.0. The number of benzene rings is 1. The van der Waals surface area contributed by atoms with Crippen molar-refractivity contribution in [3.63, 3.8) is 0 Å². The fraction of sp³-hybridized carbons (Fsp3) is 0.167. The van der Waals surface area contributed by atoms with Crippen LogP contribution in [0.4, 0.5) is 4.39 Å². The van der Waals surface area contributed by atoms with E-state index < -0.39 is 11.8 Å². The van der Waals surface area contributed by atoms with Crippen molar-refractivity contribution in [1.82, 2.24) is 5.16 Å². The van der Waals surface area contributed by atoms with Crippen LogP contribution in [-0.4, -0.2) is 17.7 Å². The van der Waals surface area contributed by atoms with E-state index in [0.29, 0.717) is 15.8 Å². The van der Waals surface area contributed by atoms with Crippen LogP contribution in [0, 0.1) is 5.82 Å². The van der Waals surface area contributed by atoms with Gasteiger partial charge < -0.3 is 9.26 Å². The Bertz CT molecular complexity index is 562. The van der Waals surface area contributed by atoms with E-state index in [2.05, 4.69) is 21.1 Å². The number of carbonyl (C=O) groups is 1. The Morgan fingerprint density at radius 3 is 2.89 bits per heavy atom. The summed E-state index contributed by atoms with van der Waals surface area (Å²) in [5.41, 5.74) is 0.553. The highest BCUT2D eigenvalue weighted by atomic mass is 79.9. The summed E-state index contributed by atoms with van der Waals surface area (Å²) in [7, 11) is 0. The van der Waals surface area contributed by atoms with Crippen molar-refractivity contribution in [3.8, 4) is 11.3 Å². The molecule has 0 saturated heterocycles. The Balaban J connectivity index is 2.32. The third kappa shape index (κ3) is 2.76. The molecule has 18 heavy (non-hydrogen) atoms. The molecule has 0 aliphatic carbocycles. The Morgan fingerprint density at radius 1 is 1.44 bits per heavy atom. The van der Waals surface area contributed by atoms with E-state index in [0.717, 1.165) is 0 Å². The van der Waals surface area contributed by atoms with Crippen LogP contribution in [0.3, 0.4) is 0 Å². The lowest BCUT2D eigenvalue weighted by molar-refractivity contribution is 0.0514. The summed E-state index contributed by atoms with van der Waals surface area (Å²) >= 11 is 3.18. The van der Waals surface area contributed by atoms with Gasteiger partial charge in [0.15, 0.2) is 11.5 Å². The average molecular weight is 314 g/mol. The number of halogens is 2. The number of esters is 1. The third-order valence-corrected chi connectivity index (χ3v) is 2.60. The topological polar surface area (TPSA) is 52.3 Å². The van der Waals surface area contributed by atoms with Gasteiger partial charge in [0, 0.05) is 16.1 Å². The molecule has 0 amide bonds. The molecule has 0 bridgehead atoms. The molecule has 0 N–H and O–H groups in total. The van der Waals surface area contributed by atoms with Crippen molar-refractivity contribution in [2.45, 2.75) is 6.92 Å². The third-order valence-electron chi connectivity index (χ3n) is 2.14. The average Bonchev–Trinajstić information content (AvgIpc) is 2.77. The Kier molecular flexibility index (Phi) is 3.76. The molecule has 0 saturated carbocycles. The molecule has 1 heterocycles. The van der Waals surface area contributed by atoms with E-state index in [1.165, 1.54) is 18.2 Å². The van der Waals surface area contributed by atoms with E-state index in [4.69, 9.17) is 9.26 Å². The van der Waals surface area contributed by atoms with Crippen molar-refractivity contribution in [2.24, 2.45) is 0 Å². The van der Waals surface area contributed by atoms with Gasteiger partial charge in [0.1, 0.15) is 5.82 Å². The van der Waals surface area contributed by atoms with Crippen LogP contribution in [0.25, 0.3) is 11.3 Å².